The van der Waals surface area contributed by atoms with Crippen LogP contribution in [-0.2, 0) is 24.8 Å². The summed E-state index contributed by atoms with van der Waals surface area (Å²) in [7, 11) is 1.93. The van der Waals surface area contributed by atoms with Gasteiger partial charge in [0.05, 0.1) is 30.9 Å². The van der Waals surface area contributed by atoms with Gasteiger partial charge < -0.3 is 15.0 Å². The number of guanidine groups is 1. The third kappa shape index (κ3) is 5.52. The normalized spacial score (nSPS) is 18.3. The minimum absolute atomic E-state index is 0.0253. The van der Waals surface area contributed by atoms with Gasteiger partial charge in [-0.15, -0.1) is 11.3 Å². The smallest absolute Gasteiger partial charge is 0.194 e. The summed E-state index contributed by atoms with van der Waals surface area (Å²) in [5.41, 5.74) is 1.11. The Morgan fingerprint density at radius 3 is 3.00 bits per heavy atom. The number of hydrogen-bond donors (Lipinski definition) is 1. The van der Waals surface area contributed by atoms with Crippen LogP contribution < -0.4 is 5.32 Å². The number of nitrogens with zero attached hydrogens (tertiary/aromatic N) is 5. The number of hydrogen-bond acceptors (Lipinski definition) is 5. The number of aromatic nitrogens is 3. The Morgan fingerprint density at radius 2 is 2.30 bits per heavy atom. The number of rotatable bonds is 6. The summed E-state index contributed by atoms with van der Waals surface area (Å²) in [6, 6.07) is 0. The summed E-state index contributed by atoms with van der Waals surface area (Å²) in [5.74, 6) is 1.57. The molecule has 3 heterocycles. The maximum Gasteiger partial charge on any atom is 0.194 e. The van der Waals surface area contributed by atoms with Crippen molar-refractivity contribution in [1.29, 1.82) is 0 Å². The van der Waals surface area contributed by atoms with Crippen molar-refractivity contribution in [2.45, 2.75) is 39.8 Å². The molecule has 3 rings (SSSR count). The lowest BCUT2D eigenvalue weighted by atomic mass is 10.1. The van der Waals surface area contributed by atoms with Crippen molar-refractivity contribution in [3.8, 4) is 0 Å². The summed E-state index contributed by atoms with van der Waals surface area (Å²) in [5, 5.41) is 8.88. The molecule has 8 heteroatoms. The van der Waals surface area contributed by atoms with E-state index in [1.165, 1.54) is 9.88 Å². The quantitative estimate of drug-likeness (QED) is 0.607. The number of aliphatic imine (C=N–C) groups is 1. The fourth-order valence-electron chi connectivity index (χ4n) is 3.09. The lowest BCUT2D eigenvalue weighted by molar-refractivity contribution is -0.00805. The van der Waals surface area contributed by atoms with Gasteiger partial charge >= 0.3 is 0 Å². The molecule has 1 saturated heterocycles. The molecule has 2 aromatic rings. The van der Waals surface area contributed by atoms with E-state index in [4.69, 9.17) is 9.73 Å². The molecule has 1 fully saturated rings. The lowest BCUT2D eigenvalue weighted by Crippen LogP contribution is -2.48. The molecule has 1 unspecified atom stereocenters. The second kappa shape index (κ2) is 9.32. The minimum Gasteiger partial charge on any atom is -0.370 e. The fourth-order valence-corrected chi connectivity index (χ4v) is 4.15. The van der Waals surface area contributed by atoms with E-state index in [1.807, 2.05) is 30.3 Å². The molecular formula is C19H30N6OS. The first kappa shape index (κ1) is 19.8. The first-order valence-corrected chi connectivity index (χ1v) is 10.4. The van der Waals surface area contributed by atoms with Gasteiger partial charge in [0, 0.05) is 49.4 Å². The summed E-state index contributed by atoms with van der Waals surface area (Å²) >= 11 is 1.77. The van der Waals surface area contributed by atoms with Crippen molar-refractivity contribution in [2.24, 2.45) is 18.0 Å². The van der Waals surface area contributed by atoms with Crippen LogP contribution in [0.25, 0.3) is 0 Å². The maximum atomic E-state index is 5.95. The van der Waals surface area contributed by atoms with Crippen molar-refractivity contribution in [1.82, 2.24) is 25.0 Å². The molecule has 0 amide bonds. The molecule has 2 aromatic heterocycles. The van der Waals surface area contributed by atoms with Crippen molar-refractivity contribution in [3.63, 3.8) is 0 Å². The molecule has 1 aliphatic heterocycles. The summed E-state index contributed by atoms with van der Waals surface area (Å²) in [6.45, 7) is 10.3. The zero-order chi connectivity index (χ0) is 19.2. The van der Waals surface area contributed by atoms with Crippen LogP contribution in [0.3, 0.4) is 0 Å². The van der Waals surface area contributed by atoms with Gasteiger partial charge in [-0.3, -0.25) is 4.68 Å². The van der Waals surface area contributed by atoms with Crippen molar-refractivity contribution >= 4 is 17.3 Å². The first-order chi connectivity index (χ1) is 13.0. The van der Waals surface area contributed by atoms with Crippen LogP contribution in [0.4, 0.5) is 0 Å². The van der Waals surface area contributed by atoms with E-state index in [-0.39, 0.29) is 6.10 Å². The van der Waals surface area contributed by atoms with E-state index in [0.717, 1.165) is 37.6 Å². The Balaban J connectivity index is 1.66. The topological polar surface area (TPSA) is 67.6 Å². The SMILES string of the molecule is CCNC(=NCc1cnc(CC(C)C)s1)N1CCOC(c2cnn(C)c2)C1. The van der Waals surface area contributed by atoms with Crippen LogP contribution >= 0.6 is 11.3 Å². The predicted molar refractivity (Wildman–Crippen MR) is 109 cm³/mol. The summed E-state index contributed by atoms with van der Waals surface area (Å²) in [6.07, 6.45) is 6.92. The number of aryl methyl sites for hydroxylation is 1. The largest absolute Gasteiger partial charge is 0.370 e. The van der Waals surface area contributed by atoms with Gasteiger partial charge in [0.25, 0.3) is 0 Å². The fraction of sp³-hybridized carbons (Fsp3) is 0.632. The molecule has 27 heavy (non-hydrogen) atoms. The number of thiazole rings is 1. The molecule has 0 aliphatic carbocycles. The van der Waals surface area contributed by atoms with Crippen LogP contribution in [0.5, 0.6) is 0 Å². The molecule has 1 N–H and O–H groups in total. The Morgan fingerprint density at radius 1 is 1.44 bits per heavy atom. The van der Waals surface area contributed by atoms with Crippen LogP contribution in [0.15, 0.2) is 23.6 Å². The predicted octanol–water partition coefficient (Wildman–Crippen LogP) is 2.61. The molecule has 1 aliphatic rings. The van der Waals surface area contributed by atoms with Crippen LogP contribution in [0.1, 0.15) is 42.3 Å². The second-order valence-corrected chi connectivity index (χ2v) is 8.44. The van der Waals surface area contributed by atoms with Gasteiger partial charge in [0.2, 0.25) is 0 Å². The second-order valence-electron chi connectivity index (χ2n) is 7.24. The Labute approximate surface area is 165 Å². The number of nitrogens with one attached hydrogen (secondary N) is 1. The average Bonchev–Trinajstić information content (AvgIpc) is 3.27. The Bertz CT molecular complexity index is 753. The van der Waals surface area contributed by atoms with E-state index in [0.29, 0.717) is 19.1 Å². The molecule has 1 atom stereocenters. The molecule has 148 valence electrons. The average molecular weight is 391 g/mol. The molecule has 0 bridgehead atoms. The van der Waals surface area contributed by atoms with E-state index < -0.39 is 0 Å². The number of ether oxygens (including phenoxy) is 1. The van der Waals surface area contributed by atoms with Gasteiger partial charge in [0.15, 0.2) is 5.96 Å². The molecule has 0 aromatic carbocycles. The van der Waals surface area contributed by atoms with Gasteiger partial charge in [0.1, 0.15) is 6.10 Å². The van der Waals surface area contributed by atoms with Crippen LogP contribution in [0.2, 0.25) is 0 Å². The molecule has 7 nitrogen and oxygen atoms in total. The third-order valence-electron chi connectivity index (χ3n) is 4.37. The molecule has 0 spiro atoms. The van der Waals surface area contributed by atoms with Gasteiger partial charge in [-0.25, -0.2) is 9.98 Å². The highest BCUT2D eigenvalue weighted by atomic mass is 32.1. The summed E-state index contributed by atoms with van der Waals surface area (Å²) < 4.78 is 7.77. The van der Waals surface area contributed by atoms with E-state index >= 15 is 0 Å². The summed E-state index contributed by atoms with van der Waals surface area (Å²) in [4.78, 5) is 12.9. The molecular weight excluding hydrogens is 360 g/mol. The minimum atomic E-state index is 0.0253. The Kier molecular flexibility index (Phi) is 6.84. The highest BCUT2D eigenvalue weighted by molar-refractivity contribution is 7.11. The van der Waals surface area contributed by atoms with Gasteiger partial charge in [-0.05, 0) is 12.8 Å². The maximum absolute atomic E-state index is 5.95. The highest BCUT2D eigenvalue weighted by Crippen LogP contribution is 2.22. The lowest BCUT2D eigenvalue weighted by Gasteiger charge is -2.34. The van der Waals surface area contributed by atoms with E-state index in [2.05, 4.69) is 41.1 Å². The zero-order valence-electron chi connectivity index (χ0n) is 16.7. The third-order valence-corrected chi connectivity index (χ3v) is 5.37. The van der Waals surface area contributed by atoms with Crippen LogP contribution in [0, 0.1) is 5.92 Å². The molecule has 0 saturated carbocycles. The van der Waals surface area contributed by atoms with Gasteiger partial charge in [-0.2, -0.15) is 5.10 Å². The zero-order valence-corrected chi connectivity index (χ0v) is 17.5. The first-order valence-electron chi connectivity index (χ1n) is 9.62. The molecule has 0 radical (unpaired) electrons. The van der Waals surface area contributed by atoms with E-state index in [1.54, 1.807) is 11.3 Å². The highest BCUT2D eigenvalue weighted by Gasteiger charge is 2.25. The van der Waals surface area contributed by atoms with Crippen molar-refractivity contribution in [3.05, 3.63) is 34.0 Å². The van der Waals surface area contributed by atoms with Gasteiger partial charge in [-0.1, -0.05) is 13.8 Å². The van der Waals surface area contributed by atoms with Crippen molar-refractivity contribution in [2.75, 3.05) is 26.2 Å². The Hall–Kier alpha value is -1.93. The standard InChI is InChI=1S/C19H30N6OS/c1-5-20-19(22-11-16-10-21-18(27-16)8-14(2)3)25-6-7-26-17(13-25)15-9-23-24(4)12-15/h9-10,12,14,17H,5-8,11,13H2,1-4H3,(H,20,22). The number of morpholine rings is 1. The van der Waals surface area contributed by atoms with Crippen LogP contribution in [-0.4, -0.2) is 51.9 Å². The van der Waals surface area contributed by atoms with E-state index in [9.17, 15) is 0 Å². The monoisotopic (exact) mass is 390 g/mol. The van der Waals surface area contributed by atoms with Crippen molar-refractivity contribution < 1.29 is 4.74 Å².